The van der Waals surface area contributed by atoms with Crippen molar-refractivity contribution in [2.75, 3.05) is 0 Å². The van der Waals surface area contributed by atoms with Gasteiger partial charge in [-0.3, -0.25) is 4.99 Å². The van der Waals surface area contributed by atoms with Crippen LogP contribution in [0.3, 0.4) is 0 Å². The van der Waals surface area contributed by atoms with Crippen molar-refractivity contribution < 1.29 is 0 Å². The second-order valence-electron chi connectivity index (χ2n) is 5.24. The Morgan fingerprint density at radius 2 is 1.26 bits per heavy atom. The van der Waals surface area contributed by atoms with Crippen LogP contribution < -0.4 is 0 Å². The fraction of sp³-hybridized carbons (Fsp3) is 0.0476. The molecule has 0 aliphatic rings. The predicted octanol–water partition coefficient (Wildman–Crippen LogP) is 4.77. The van der Waals surface area contributed by atoms with Crippen molar-refractivity contribution in [2.24, 2.45) is 4.99 Å². The van der Waals surface area contributed by atoms with Gasteiger partial charge in [0.1, 0.15) is 0 Å². The Balaban J connectivity index is 1.93. The molecule has 2 heteroatoms. The highest BCUT2D eigenvalue weighted by atomic mass is 14.8. The van der Waals surface area contributed by atoms with E-state index < -0.39 is 0 Å². The third-order valence-corrected chi connectivity index (χ3v) is 3.64. The normalized spacial score (nSPS) is 10.8. The van der Waals surface area contributed by atoms with Crippen molar-refractivity contribution in [3.8, 4) is 6.07 Å². The van der Waals surface area contributed by atoms with Gasteiger partial charge in [-0.25, -0.2) is 0 Å². The fourth-order valence-corrected chi connectivity index (χ4v) is 2.44. The summed E-state index contributed by atoms with van der Waals surface area (Å²) in [6, 6.07) is 30.0. The lowest BCUT2D eigenvalue weighted by atomic mass is 9.99. The summed E-state index contributed by atoms with van der Waals surface area (Å²) < 4.78 is 0. The van der Waals surface area contributed by atoms with Crippen molar-refractivity contribution in [1.82, 2.24) is 0 Å². The third kappa shape index (κ3) is 3.72. The molecule has 0 spiro atoms. The van der Waals surface area contributed by atoms with Crippen molar-refractivity contribution in [2.45, 2.75) is 6.04 Å². The van der Waals surface area contributed by atoms with Crippen LogP contribution in [0.15, 0.2) is 89.9 Å². The lowest BCUT2D eigenvalue weighted by Crippen LogP contribution is -1.98. The zero-order valence-electron chi connectivity index (χ0n) is 12.6. The van der Waals surface area contributed by atoms with Crippen LogP contribution in [-0.2, 0) is 0 Å². The van der Waals surface area contributed by atoms with E-state index in [1.807, 2.05) is 54.7 Å². The minimum atomic E-state index is -0.0342. The number of hydrogen-bond donors (Lipinski definition) is 0. The molecule has 0 heterocycles. The predicted molar refractivity (Wildman–Crippen MR) is 93.5 cm³/mol. The highest BCUT2D eigenvalue weighted by molar-refractivity contribution is 5.80. The maximum Gasteiger partial charge on any atom is 0.0999 e. The third-order valence-electron chi connectivity index (χ3n) is 3.64. The van der Waals surface area contributed by atoms with Crippen molar-refractivity contribution in [1.29, 1.82) is 5.26 Å². The summed E-state index contributed by atoms with van der Waals surface area (Å²) in [5.41, 5.74) is 3.96. The molecule has 0 fully saturated rings. The van der Waals surface area contributed by atoms with E-state index in [2.05, 4.69) is 30.3 Å². The summed E-state index contributed by atoms with van der Waals surface area (Å²) in [4.78, 5) is 4.78. The SMILES string of the molecule is N#Cc1ccc(/C=N/C(c2ccccc2)c2ccccc2)cc1. The summed E-state index contributed by atoms with van der Waals surface area (Å²) in [6.07, 6.45) is 1.87. The van der Waals surface area contributed by atoms with E-state index >= 15 is 0 Å². The molecule has 0 aliphatic heterocycles. The molecule has 0 atom stereocenters. The Kier molecular flexibility index (Phi) is 4.61. The highest BCUT2D eigenvalue weighted by Gasteiger charge is 2.11. The van der Waals surface area contributed by atoms with Crippen LogP contribution in [0.5, 0.6) is 0 Å². The number of hydrogen-bond acceptors (Lipinski definition) is 2. The molecule has 0 amide bonds. The van der Waals surface area contributed by atoms with E-state index in [0.29, 0.717) is 5.56 Å². The summed E-state index contributed by atoms with van der Waals surface area (Å²) in [6.45, 7) is 0. The first-order chi connectivity index (χ1) is 11.4. The first-order valence-corrected chi connectivity index (χ1v) is 7.50. The Hall–Kier alpha value is -3.18. The molecule has 0 radical (unpaired) electrons. The smallest absolute Gasteiger partial charge is 0.0999 e. The number of benzene rings is 3. The molecular weight excluding hydrogens is 280 g/mol. The van der Waals surface area contributed by atoms with Crippen molar-refractivity contribution >= 4 is 6.21 Å². The van der Waals surface area contributed by atoms with E-state index in [4.69, 9.17) is 10.3 Å². The van der Waals surface area contributed by atoms with Gasteiger partial charge in [-0.15, -0.1) is 0 Å². The zero-order valence-corrected chi connectivity index (χ0v) is 12.6. The standard InChI is InChI=1S/C21H16N2/c22-15-17-11-13-18(14-12-17)16-23-21(19-7-3-1-4-8-19)20-9-5-2-6-10-20/h1-14,16,21H/b23-16+. The minimum Gasteiger partial charge on any atom is -0.280 e. The van der Waals surface area contributed by atoms with Gasteiger partial charge in [-0.2, -0.15) is 5.26 Å². The molecule has 3 rings (SSSR count). The number of nitriles is 1. The first kappa shape index (κ1) is 14.7. The molecule has 3 aromatic carbocycles. The second-order valence-corrected chi connectivity index (χ2v) is 5.24. The molecular formula is C21H16N2. The van der Waals surface area contributed by atoms with E-state index in [1.54, 1.807) is 12.1 Å². The van der Waals surface area contributed by atoms with E-state index in [-0.39, 0.29) is 6.04 Å². The van der Waals surface area contributed by atoms with Crippen molar-refractivity contribution in [3.05, 3.63) is 107 Å². The largest absolute Gasteiger partial charge is 0.280 e. The molecule has 0 aromatic heterocycles. The molecule has 0 unspecified atom stereocenters. The summed E-state index contributed by atoms with van der Waals surface area (Å²) in [7, 11) is 0. The number of aliphatic imine (C=N–C) groups is 1. The second kappa shape index (κ2) is 7.20. The fourth-order valence-electron chi connectivity index (χ4n) is 2.44. The van der Waals surface area contributed by atoms with Gasteiger partial charge in [-0.1, -0.05) is 72.8 Å². The van der Waals surface area contributed by atoms with Crippen molar-refractivity contribution in [3.63, 3.8) is 0 Å². The van der Waals surface area contributed by atoms with Crippen LogP contribution in [-0.4, -0.2) is 6.21 Å². The van der Waals surface area contributed by atoms with Gasteiger partial charge in [0.25, 0.3) is 0 Å². The summed E-state index contributed by atoms with van der Waals surface area (Å²) in [5, 5.41) is 8.86. The van der Waals surface area contributed by atoms with E-state index in [1.165, 1.54) is 0 Å². The molecule has 0 bridgehead atoms. The van der Waals surface area contributed by atoms with Crippen LogP contribution in [0.2, 0.25) is 0 Å². The Morgan fingerprint density at radius 3 is 1.74 bits per heavy atom. The molecule has 0 saturated heterocycles. The molecule has 3 aromatic rings. The molecule has 110 valence electrons. The maximum absolute atomic E-state index is 8.86. The van der Waals surface area contributed by atoms with Crippen LogP contribution in [0.1, 0.15) is 28.3 Å². The highest BCUT2D eigenvalue weighted by Crippen LogP contribution is 2.25. The quantitative estimate of drug-likeness (QED) is 0.639. The Morgan fingerprint density at radius 1 is 0.739 bits per heavy atom. The lowest BCUT2D eigenvalue weighted by molar-refractivity contribution is 0.878. The van der Waals surface area contributed by atoms with Crippen LogP contribution in [0.4, 0.5) is 0 Å². The van der Waals surface area contributed by atoms with Gasteiger partial charge in [0.15, 0.2) is 0 Å². The zero-order chi connectivity index (χ0) is 15.9. The molecule has 0 aliphatic carbocycles. The Labute approximate surface area is 136 Å². The van der Waals surface area contributed by atoms with Gasteiger partial charge < -0.3 is 0 Å². The minimum absolute atomic E-state index is 0.0342. The summed E-state index contributed by atoms with van der Waals surface area (Å²) >= 11 is 0. The van der Waals surface area contributed by atoms with Gasteiger partial charge >= 0.3 is 0 Å². The van der Waals surface area contributed by atoms with Gasteiger partial charge in [0.05, 0.1) is 17.7 Å². The van der Waals surface area contributed by atoms with E-state index in [9.17, 15) is 0 Å². The van der Waals surface area contributed by atoms with Gasteiger partial charge in [0.2, 0.25) is 0 Å². The monoisotopic (exact) mass is 296 g/mol. The maximum atomic E-state index is 8.86. The first-order valence-electron chi connectivity index (χ1n) is 7.50. The van der Waals surface area contributed by atoms with E-state index in [0.717, 1.165) is 16.7 Å². The van der Waals surface area contributed by atoms with Crippen LogP contribution in [0, 0.1) is 11.3 Å². The number of rotatable bonds is 4. The van der Waals surface area contributed by atoms with Gasteiger partial charge in [0, 0.05) is 6.21 Å². The lowest BCUT2D eigenvalue weighted by Gasteiger charge is -2.13. The molecule has 0 saturated carbocycles. The average Bonchev–Trinajstić information content (AvgIpc) is 2.64. The topological polar surface area (TPSA) is 36.1 Å². The van der Waals surface area contributed by atoms with Crippen LogP contribution in [0.25, 0.3) is 0 Å². The van der Waals surface area contributed by atoms with Gasteiger partial charge in [-0.05, 0) is 28.8 Å². The molecule has 0 N–H and O–H groups in total. The average molecular weight is 296 g/mol. The Bertz CT molecular complexity index is 774. The summed E-state index contributed by atoms with van der Waals surface area (Å²) in [5.74, 6) is 0. The molecule has 23 heavy (non-hydrogen) atoms. The van der Waals surface area contributed by atoms with Crippen LogP contribution >= 0.6 is 0 Å². The number of nitrogens with zero attached hydrogens (tertiary/aromatic N) is 2. The molecule has 2 nitrogen and oxygen atoms in total.